The van der Waals surface area contributed by atoms with Crippen molar-refractivity contribution in [3.8, 4) is 0 Å². The monoisotopic (exact) mass is 252 g/mol. The van der Waals surface area contributed by atoms with E-state index in [1.54, 1.807) is 12.1 Å². The van der Waals surface area contributed by atoms with Crippen molar-refractivity contribution in [3.05, 3.63) is 29.8 Å². The van der Waals surface area contributed by atoms with E-state index in [-0.39, 0.29) is 0 Å². The summed E-state index contributed by atoms with van der Waals surface area (Å²) >= 11 is 0. The molecular weight excluding hydrogens is 236 g/mol. The van der Waals surface area contributed by atoms with Gasteiger partial charge in [-0.15, -0.1) is 0 Å². The highest BCUT2D eigenvalue weighted by Gasteiger charge is 2.24. The largest absolute Gasteiger partial charge is 0.480 e. The lowest BCUT2D eigenvalue weighted by molar-refractivity contribution is -0.141. The predicted molar refractivity (Wildman–Crippen MR) is 66.4 cm³/mol. The SMILES string of the molecule is Cc1ccccc1NC(=O)NC(C(=O)O)C(C)O. The van der Waals surface area contributed by atoms with Crippen molar-refractivity contribution in [2.24, 2.45) is 0 Å². The first kappa shape index (κ1) is 14.0. The van der Waals surface area contributed by atoms with Crippen LogP contribution in [0.2, 0.25) is 0 Å². The van der Waals surface area contributed by atoms with Crippen LogP contribution in [0.5, 0.6) is 0 Å². The molecule has 0 spiro atoms. The number of anilines is 1. The molecule has 0 aliphatic carbocycles. The zero-order chi connectivity index (χ0) is 13.7. The van der Waals surface area contributed by atoms with E-state index in [0.29, 0.717) is 5.69 Å². The van der Waals surface area contributed by atoms with Gasteiger partial charge in [-0.1, -0.05) is 18.2 Å². The Morgan fingerprint density at radius 3 is 2.39 bits per heavy atom. The van der Waals surface area contributed by atoms with E-state index in [2.05, 4.69) is 10.6 Å². The maximum absolute atomic E-state index is 11.6. The summed E-state index contributed by atoms with van der Waals surface area (Å²) in [7, 11) is 0. The summed E-state index contributed by atoms with van der Waals surface area (Å²) < 4.78 is 0. The first-order valence-corrected chi connectivity index (χ1v) is 5.46. The van der Waals surface area contributed by atoms with Crippen LogP contribution in [0.4, 0.5) is 10.5 Å². The average Bonchev–Trinajstić information content (AvgIpc) is 2.28. The minimum atomic E-state index is -1.34. The van der Waals surface area contributed by atoms with E-state index in [1.807, 2.05) is 19.1 Å². The van der Waals surface area contributed by atoms with E-state index >= 15 is 0 Å². The Labute approximate surface area is 105 Å². The maximum Gasteiger partial charge on any atom is 0.328 e. The lowest BCUT2D eigenvalue weighted by atomic mass is 10.2. The van der Waals surface area contributed by atoms with Crippen molar-refractivity contribution in [1.82, 2.24) is 5.32 Å². The normalized spacial score (nSPS) is 13.5. The van der Waals surface area contributed by atoms with E-state index in [0.717, 1.165) is 5.56 Å². The first-order chi connectivity index (χ1) is 8.41. The number of benzene rings is 1. The van der Waals surface area contributed by atoms with Crippen LogP contribution >= 0.6 is 0 Å². The predicted octanol–water partition coefficient (Wildman–Crippen LogP) is 0.951. The Bertz CT molecular complexity index is 445. The minimum Gasteiger partial charge on any atom is -0.480 e. The number of para-hydroxylation sites is 1. The highest BCUT2D eigenvalue weighted by atomic mass is 16.4. The fourth-order valence-corrected chi connectivity index (χ4v) is 1.40. The number of hydrogen-bond acceptors (Lipinski definition) is 3. The van der Waals surface area contributed by atoms with Crippen molar-refractivity contribution in [1.29, 1.82) is 0 Å². The summed E-state index contributed by atoms with van der Waals surface area (Å²) in [5.41, 5.74) is 1.45. The van der Waals surface area contributed by atoms with E-state index in [4.69, 9.17) is 5.11 Å². The van der Waals surface area contributed by atoms with Gasteiger partial charge in [0.2, 0.25) is 0 Å². The molecule has 0 aromatic heterocycles. The molecule has 1 rings (SSSR count). The van der Waals surface area contributed by atoms with Gasteiger partial charge in [0.05, 0.1) is 6.10 Å². The number of carboxylic acids is 1. The molecule has 0 heterocycles. The van der Waals surface area contributed by atoms with Crippen molar-refractivity contribution < 1.29 is 19.8 Å². The highest BCUT2D eigenvalue weighted by molar-refractivity contribution is 5.93. The van der Waals surface area contributed by atoms with Crippen LogP contribution in [0.15, 0.2) is 24.3 Å². The van der Waals surface area contributed by atoms with Gasteiger partial charge in [-0.25, -0.2) is 9.59 Å². The average molecular weight is 252 g/mol. The summed E-state index contributed by atoms with van der Waals surface area (Å²) in [6.45, 7) is 3.12. The van der Waals surface area contributed by atoms with Gasteiger partial charge in [-0.05, 0) is 25.5 Å². The van der Waals surface area contributed by atoms with Crippen LogP contribution < -0.4 is 10.6 Å². The Kier molecular flexibility index (Phi) is 4.67. The Balaban J connectivity index is 2.67. The van der Waals surface area contributed by atoms with E-state index in [1.165, 1.54) is 6.92 Å². The number of aliphatic carboxylic acids is 1. The molecule has 0 aliphatic heterocycles. The molecule has 98 valence electrons. The van der Waals surface area contributed by atoms with Gasteiger partial charge in [-0.3, -0.25) is 0 Å². The highest BCUT2D eigenvalue weighted by Crippen LogP contribution is 2.12. The molecule has 0 saturated heterocycles. The van der Waals surface area contributed by atoms with Gasteiger partial charge in [0.15, 0.2) is 6.04 Å². The quantitative estimate of drug-likeness (QED) is 0.641. The smallest absolute Gasteiger partial charge is 0.328 e. The van der Waals surface area contributed by atoms with Crippen molar-refractivity contribution in [2.75, 3.05) is 5.32 Å². The molecule has 6 heteroatoms. The number of carbonyl (C=O) groups is 2. The zero-order valence-corrected chi connectivity index (χ0v) is 10.2. The summed E-state index contributed by atoms with van der Waals surface area (Å²) in [5, 5.41) is 22.8. The summed E-state index contributed by atoms with van der Waals surface area (Å²) in [6.07, 6.45) is -1.18. The second kappa shape index (κ2) is 6.02. The number of aliphatic hydroxyl groups is 1. The standard InChI is InChI=1S/C12H16N2O4/c1-7-5-3-4-6-9(7)13-12(18)14-10(8(2)15)11(16)17/h3-6,8,10,15H,1-2H3,(H,16,17)(H2,13,14,18). The fourth-order valence-electron chi connectivity index (χ4n) is 1.40. The molecule has 1 aromatic carbocycles. The number of carboxylic acid groups (broad SMARTS) is 1. The van der Waals surface area contributed by atoms with Gasteiger partial charge in [-0.2, -0.15) is 0 Å². The molecule has 0 saturated carbocycles. The maximum atomic E-state index is 11.6. The number of aliphatic hydroxyl groups excluding tert-OH is 1. The van der Waals surface area contributed by atoms with Crippen LogP contribution in [-0.2, 0) is 4.79 Å². The number of nitrogens with one attached hydrogen (secondary N) is 2. The fraction of sp³-hybridized carbons (Fsp3) is 0.333. The molecule has 0 bridgehead atoms. The summed E-state index contributed by atoms with van der Waals surface area (Å²) in [4.78, 5) is 22.4. The van der Waals surface area contributed by atoms with Gasteiger partial charge in [0, 0.05) is 5.69 Å². The van der Waals surface area contributed by atoms with E-state index < -0.39 is 24.1 Å². The molecule has 1 aromatic rings. The van der Waals surface area contributed by atoms with Gasteiger partial charge in [0.25, 0.3) is 0 Å². The number of hydrogen-bond donors (Lipinski definition) is 4. The van der Waals surface area contributed by atoms with Gasteiger partial charge >= 0.3 is 12.0 Å². The zero-order valence-electron chi connectivity index (χ0n) is 10.2. The number of rotatable bonds is 4. The molecule has 18 heavy (non-hydrogen) atoms. The number of urea groups is 1. The van der Waals surface area contributed by atoms with Crippen molar-refractivity contribution in [2.45, 2.75) is 26.0 Å². The molecule has 0 fully saturated rings. The minimum absolute atomic E-state index is 0.588. The third kappa shape index (κ3) is 3.74. The molecule has 2 unspecified atom stereocenters. The van der Waals surface area contributed by atoms with Crippen LogP contribution in [0.25, 0.3) is 0 Å². The molecule has 0 aliphatic rings. The second-order valence-electron chi connectivity index (χ2n) is 3.97. The lowest BCUT2D eigenvalue weighted by Gasteiger charge is -2.17. The number of amides is 2. The Hall–Kier alpha value is -2.08. The number of carbonyl (C=O) groups excluding carboxylic acids is 1. The number of aryl methyl sites for hydroxylation is 1. The van der Waals surface area contributed by atoms with Crippen LogP contribution in [0.1, 0.15) is 12.5 Å². The molecule has 4 N–H and O–H groups in total. The Morgan fingerprint density at radius 2 is 1.89 bits per heavy atom. The lowest BCUT2D eigenvalue weighted by Crippen LogP contribution is -2.49. The topological polar surface area (TPSA) is 98.7 Å². The van der Waals surface area contributed by atoms with Crippen LogP contribution in [0.3, 0.4) is 0 Å². The van der Waals surface area contributed by atoms with Crippen molar-refractivity contribution in [3.63, 3.8) is 0 Å². The van der Waals surface area contributed by atoms with Gasteiger partial charge in [0.1, 0.15) is 0 Å². The second-order valence-corrected chi connectivity index (χ2v) is 3.97. The summed E-state index contributed by atoms with van der Waals surface area (Å²) in [6, 6.07) is 5.10. The Morgan fingerprint density at radius 1 is 1.28 bits per heavy atom. The molecule has 6 nitrogen and oxygen atoms in total. The third-order valence-corrected chi connectivity index (χ3v) is 2.43. The van der Waals surface area contributed by atoms with Crippen LogP contribution in [0, 0.1) is 6.92 Å². The first-order valence-electron chi connectivity index (χ1n) is 5.46. The molecular formula is C12H16N2O4. The molecule has 0 radical (unpaired) electrons. The molecule has 2 amide bonds. The van der Waals surface area contributed by atoms with Crippen LogP contribution in [-0.4, -0.2) is 34.4 Å². The van der Waals surface area contributed by atoms with Crippen molar-refractivity contribution >= 4 is 17.7 Å². The van der Waals surface area contributed by atoms with Gasteiger partial charge < -0.3 is 20.8 Å². The summed E-state index contributed by atoms with van der Waals surface area (Å²) in [5.74, 6) is -1.29. The third-order valence-electron chi connectivity index (χ3n) is 2.43. The molecule has 2 atom stereocenters. The van der Waals surface area contributed by atoms with E-state index in [9.17, 15) is 14.7 Å².